The van der Waals surface area contributed by atoms with Crippen LogP contribution >= 0.6 is 0 Å². The second kappa shape index (κ2) is 8.94. The highest BCUT2D eigenvalue weighted by molar-refractivity contribution is 5.83. The lowest BCUT2D eigenvalue weighted by Gasteiger charge is -2.15. The molecule has 1 aromatic heterocycles. The van der Waals surface area contributed by atoms with Gasteiger partial charge < -0.3 is 5.32 Å². The molecule has 1 amide bonds. The lowest BCUT2D eigenvalue weighted by molar-refractivity contribution is -0.122. The van der Waals surface area contributed by atoms with Gasteiger partial charge in [-0.2, -0.15) is 5.10 Å². The number of nitrogens with zero attached hydrogens (tertiary/aromatic N) is 2. The van der Waals surface area contributed by atoms with Crippen LogP contribution in [0.2, 0.25) is 0 Å². The second-order valence-electron chi connectivity index (χ2n) is 6.31. The van der Waals surface area contributed by atoms with Crippen molar-refractivity contribution in [3.63, 3.8) is 0 Å². The fourth-order valence-electron chi connectivity index (χ4n) is 3.04. The molecule has 0 aliphatic rings. The Morgan fingerprint density at radius 2 is 1.67 bits per heavy atom. The topological polar surface area (TPSA) is 64.0 Å². The Bertz CT molecular complexity index is 937. The molecule has 1 unspecified atom stereocenters. The molecule has 0 saturated carbocycles. The lowest BCUT2D eigenvalue weighted by atomic mass is 9.96. The first-order valence-corrected chi connectivity index (χ1v) is 9.15. The van der Waals surface area contributed by atoms with Crippen molar-refractivity contribution in [1.29, 1.82) is 0 Å². The largest absolute Gasteiger partial charge is 0.354 e. The number of carbonyl (C=O) groups excluding carboxylic acids is 1. The molecule has 0 radical (unpaired) electrons. The molecule has 0 aliphatic heterocycles. The zero-order valence-electron chi connectivity index (χ0n) is 15.3. The normalized spacial score (nSPS) is 11.7. The van der Waals surface area contributed by atoms with E-state index in [9.17, 15) is 9.59 Å². The van der Waals surface area contributed by atoms with E-state index in [0.29, 0.717) is 13.1 Å². The van der Waals surface area contributed by atoms with Crippen molar-refractivity contribution in [3.05, 3.63) is 88.7 Å². The summed E-state index contributed by atoms with van der Waals surface area (Å²) < 4.78 is 1.39. The molecule has 1 atom stereocenters. The Hall–Kier alpha value is -3.21. The number of rotatable bonds is 7. The number of amides is 1. The highest BCUT2D eigenvalue weighted by atomic mass is 16.2. The Kier molecular flexibility index (Phi) is 6.15. The van der Waals surface area contributed by atoms with Crippen molar-refractivity contribution in [2.45, 2.75) is 25.8 Å². The minimum atomic E-state index is -0.188. The van der Waals surface area contributed by atoms with Crippen molar-refractivity contribution in [2.75, 3.05) is 6.54 Å². The maximum absolute atomic E-state index is 12.5. The summed E-state index contributed by atoms with van der Waals surface area (Å²) in [6, 6.07) is 22.7. The second-order valence-corrected chi connectivity index (χ2v) is 6.31. The summed E-state index contributed by atoms with van der Waals surface area (Å²) in [5.41, 5.74) is 2.50. The van der Waals surface area contributed by atoms with E-state index >= 15 is 0 Å². The molecule has 0 bridgehead atoms. The molecule has 0 aliphatic carbocycles. The highest BCUT2D eigenvalue weighted by Crippen LogP contribution is 2.19. The first-order chi connectivity index (χ1) is 13.2. The van der Waals surface area contributed by atoms with Crippen LogP contribution < -0.4 is 10.9 Å². The Balaban J connectivity index is 1.65. The van der Waals surface area contributed by atoms with Crippen molar-refractivity contribution in [2.24, 2.45) is 0 Å². The number of hydrogen-bond acceptors (Lipinski definition) is 3. The molecule has 2 aromatic carbocycles. The molecule has 0 spiro atoms. The van der Waals surface area contributed by atoms with E-state index < -0.39 is 0 Å². The van der Waals surface area contributed by atoms with E-state index in [4.69, 9.17) is 0 Å². The average molecular weight is 361 g/mol. The zero-order chi connectivity index (χ0) is 19.1. The van der Waals surface area contributed by atoms with E-state index in [1.165, 1.54) is 10.7 Å². The lowest BCUT2D eigenvalue weighted by Crippen LogP contribution is -2.34. The first kappa shape index (κ1) is 18.6. The number of nitrogens with one attached hydrogen (secondary N) is 1. The number of hydrogen-bond donors (Lipinski definition) is 1. The molecule has 3 aromatic rings. The Morgan fingerprint density at radius 3 is 2.33 bits per heavy atom. The molecule has 27 heavy (non-hydrogen) atoms. The third-order valence-corrected chi connectivity index (χ3v) is 4.49. The summed E-state index contributed by atoms with van der Waals surface area (Å²) in [4.78, 5) is 24.6. The molecule has 138 valence electrons. The minimum absolute atomic E-state index is 0.0315. The van der Waals surface area contributed by atoms with Gasteiger partial charge in [-0.15, -0.1) is 0 Å². The van der Waals surface area contributed by atoms with Gasteiger partial charge in [-0.05, 0) is 18.1 Å². The number of aromatic nitrogens is 2. The van der Waals surface area contributed by atoms with Crippen molar-refractivity contribution >= 4 is 5.91 Å². The van der Waals surface area contributed by atoms with Crippen LogP contribution in [-0.4, -0.2) is 22.2 Å². The maximum Gasteiger partial charge on any atom is 0.266 e. The van der Waals surface area contributed by atoms with Gasteiger partial charge in [0.15, 0.2) is 0 Å². The van der Waals surface area contributed by atoms with Crippen LogP contribution in [0.25, 0.3) is 11.3 Å². The summed E-state index contributed by atoms with van der Waals surface area (Å²) in [6.07, 6.45) is 0.720. The molecule has 0 fully saturated rings. The van der Waals surface area contributed by atoms with Crippen molar-refractivity contribution in [3.8, 4) is 11.3 Å². The summed E-state index contributed by atoms with van der Waals surface area (Å²) in [5, 5.41) is 7.34. The average Bonchev–Trinajstić information content (AvgIpc) is 2.71. The van der Waals surface area contributed by atoms with Crippen LogP contribution in [0.3, 0.4) is 0 Å². The predicted octanol–water partition coefficient (Wildman–Crippen LogP) is 3.22. The highest BCUT2D eigenvalue weighted by Gasteiger charge is 2.17. The molecule has 1 N–H and O–H groups in total. The fraction of sp³-hybridized carbons (Fsp3) is 0.227. The molecule has 0 saturated heterocycles. The minimum Gasteiger partial charge on any atom is -0.354 e. The zero-order valence-corrected chi connectivity index (χ0v) is 15.3. The SMILES string of the molecule is CCC(C(=O)NCCn1nc(-c2ccccc2)ccc1=O)c1ccccc1. The quantitative estimate of drug-likeness (QED) is 0.703. The van der Waals surface area contributed by atoms with Crippen molar-refractivity contribution < 1.29 is 4.79 Å². The molecule has 5 nitrogen and oxygen atoms in total. The third kappa shape index (κ3) is 4.70. The molecular weight excluding hydrogens is 338 g/mol. The molecule has 5 heteroatoms. The molecule has 3 rings (SSSR count). The van der Waals surface area contributed by atoms with Crippen LogP contribution in [0.4, 0.5) is 0 Å². The monoisotopic (exact) mass is 361 g/mol. The summed E-state index contributed by atoms with van der Waals surface area (Å²) >= 11 is 0. The van der Waals surface area contributed by atoms with Gasteiger partial charge in [-0.1, -0.05) is 67.6 Å². The summed E-state index contributed by atoms with van der Waals surface area (Å²) in [7, 11) is 0. The van der Waals surface area contributed by atoms with Gasteiger partial charge in [0, 0.05) is 18.2 Å². The van der Waals surface area contributed by atoms with Gasteiger partial charge in [-0.25, -0.2) is 4.68 Å². The van der Waals surface area contributed by atoms with Gasteiger partial charge in [0.05, 0.1) is 18.2 Å². The van der Waals surface area contributed by atoms with Gasteiger partial charge in [-0.3, -0.25) is 9.59 Å². The summed E-state index contributed by atoms with van der Waals surface area (Å²) in [5.74, 6) is -0.220. The Labute approximate surface area is 158 Å². The summed E-state index contributed by atoms with van der Waals surface area (Å²) in [6.45, 7) is 2.68. The fourth-order valence-corrected chi connectivity index (χ4v) is 3.04. The van der Waals surface area contributed by atoms with Gasteiger partial charge in [0.1, 0.15) is 0 Å². The van der Waals surface area contributed by atoms with Crippen molar-refractivity contribution in [1.82, 2.24) is 15.1 Å². The maximum atomic E-state index is 12.5. The number of benzene rings is 2. The van der Waals surface area contributed by atoms with Crippen LogP contribution in [-0.2, 0) is 11.3 Å². The van der Waals surface area contributed by atoms with E-state index in [0.717, 1.165) is 23.2 Å². The van der Waals surface area contributed by atoms with Gasteiger partial charge >= 0.3 is 0 Å². The van der Waals surface area contributed by atoms with Crippen LogP contribution in [0.5, 0.6) is 0 Å². The van der Waals surface area contributed by atoms with E-state index in [1.54, 1.807) is 6.07 Å². The van der Waals surface area contributed by atoms with Gasteiger partial charge in [0.2, 0.25) is 5.91 Å². The Morgan fingerprint density at radius 1 is 1.00 bits per heavy atom. The number of carbonyl (C=O) groups is 1. The standard InChI is InChI=1S/C22H23N3O2/c1-2-19(17-9-5-3-6-10-17)22(27)23-15-16-25-21(26)14-13-20(24-25)18-11-7-4-8-12-18/h3-14,19H,2,15-16H2,1H3,(H,23,27). The van der Waals surface area contributed by atoms with Crippen LogP contribution in [0.15, 0.2) is 77.6 Å². The predicted molar refractivity (Wildman–Crippen MR) is 106 cm³/mol. The van der Waals surface area contributed by atoms with E-state index in [1.807, 2.05) is 67.6 Å². The molecule has 1 heterocycles. The van der Waals surface area contributed by atoms with Crippen LogP contribution in [0.1, 0.15) is 24.8 Å². The smallest absolute Gasteiger partial charge is 0.266 e. The van der Waals surface area contributed by atoms with Gasteiger partial charge in [0.25, 0.3) is 5.56 Å². The van der Waals surface area contributed by atoms with E-state index in [-0.39, 0.29) is 17.4 Å². The van der Waals surface area contributed by atoms with Crippen LogP contribution in [0, 0.1) is 0 Å². The van der Waals surface area contributed by atoms with E-state index in [2.05, 4.69) is 10.4 Å². The first-order valence-electron chi connectivity index (χ1n) is 9.15. The molecular formula is C22H23N3O2. The third-order valence-electron chi connectivity index (χ3n) is 4.49.